The topological polar surface area (TPSA) is 67.3 Å². The van der Waals surface area contributed by atoms with Gasteiger partial charge in [0.15, 0.2) is 9.84 Å². The van der Waals surface area contributed by atoms with Gasteiger partial charge in [0, 0.05) is 18.8 Å². The molecule has 0 bridgehead atoms. The predicted molar refractivity (Wildman–Crippen MR) is 79.4 cm³/mol. The molecule has 1 unspecified atom stereocenters. The zero-order valence-electron chi connectivity index (χ0n) is 11.4. The molecule has 1 aromatic heterocycles. The van der Waals surface area contributed by atoms with E-state index < -0.39 is 9.84 Å². The van der Waals surface area contributed by atoms with E-state index in [1.807, 2.05) is 25.1 Å². The van der Waals surface area contributed by atoms with E-state index in [1.54, 1.807) is 11.1 Å². The molecule has 0 N–H and O–H groups in total. The van der Waals surface area contributed by atoms with Crippen LogP contribution in [0.4, 0.5) is 0 Å². The van der Waals surface area contributed by atoms with Crippen LogP contribution in [0, 0.1) is 0 Å². The minimum Gasteiger partial charge on any atom is -0.338 e. The summed E-state index contributed by atoms with van der Waals surface area (Å²) in [6, 6.07) is 5.39. The second kappa shape index (κ2) is 6.58. The van der Waals surface area contributed by atoms with Crippen LogP contribution in [0.1, 0.15) is 13.3 Å². The second-order valence-electron chi connectivity index (χ2n) is 4.69. The molecule has 2 rings (SSSR count). The lowest BCUT2D eigenvalue weighted by Crippen LogP contribution is -2.41. The summed E-state index contributed by atoms with van der Waals surface area (Å²) >= 11 is 1.38. The van der Waals surface area contributed by atoms with Crippen LogP contribution in [0.3, 0.4) is 0 Å². The van der Waals surface area contributed by atoms with Crippen molar-refractivity contribution in [1.82, 2.24) is 9.88 Å². The Morgan fingerprint density at radius 2 is 2.30 bits per heavy atom. The Morgan fingerprint density at radius 3 is 2.85 bits per heavy atom. The molecule has 0 spiro atoms. The average Bonchev–Trinajstić information content (AvgIpc) is 2.78. The molecule has 0 saturated carbocycles. The lowest BCUT2D eigenvalue weighted by molar-refractivity contribution is -0.129. The number of thioether (sulfide) groups is 1. The fourth-order valence-electron chi connectivity index (χ4n) is 2.31. The second-order valence-corrected chi connectivity index (χ2v) is 7.92. The van der Waals surface area contributed by atoms with Crippen molar-refractivity contribution in [1.29, 1.82) is 0 Å². The monoisotopic (exact) mass is 314 g/mol. The van der Waals surface area contributed by atoms with E-state index >= 15 is 0 Å². The highest BCUT2D eigenvalue weighted by Gasteiger charge is 2.33. The van der Waals surface area contributed by atoms with E-state index in [-0.39, 0.29) is 23.5 Å². The van der Waals surface area contributed by atoms with Gasteiger partial charge in [0.1, 0.15) is 0 Å². The Hall–Kier alpha value is -1.08. The minimum atomic E-state index is -2.96. The molecule has 1 aromatic rings. The van der Waals surface area contributed by atoms with Crippen LogP contribution in [0.25, 0.3) is 0 Å². The summed E-state index contributed by atoms with van der Waals surface area (Å²) in [5.41, 5.74) is 0. The SMILES string of the molecule is CCN(C(=O)CSc1ccccn1)C1CCS(=O)(=O)C1. The maximum Gasteiger partial charge on any atom is 0.233 e. The van der Waals surface area contributed by atoms with Gasteiger partial charge in [0.2, 0.25) is 5.91 Å². The number of carbonyl (C=O) groups is 1. The number of pyridine rings is 1. The van der Waals surface area contributed by atoms with E-state index in [0.717, 1.165) is 5.03 Å². The van der Waals surface area contributed by atoms with Crippen molar-refractivity contribution in [3.63, 3.8) is 0 Å². The molecule has 20 heavy (non-hydrogen) atoms. The van der Waals surface area contributed by atoms with E-state index in [1.165, 1.54) is 11.8 Å². The predicted octanol–water partition coefficient (Wildman–Crippen LogP) is 1.21. The highest BCUT2D eigenvalue weighted by Crippen LogP contribution is 2.20. The first-order chi connectivity index (χ1) is 9.52. The smallest absolute Gasteiger partial charge is 0.233 e. The molecule has 2 heterocycles. The van der Waals surface area contributed by atoms with Gasteiger partial charge in [-0.25, -0.2) is 13.4 Å². The zero-order chi connectivity index (χ0) is 14.6. The summed E-state index contributed by atoms with van der Waals surface area (Å²) in [7, 11) is -2.96. The highest BCUT2D eigenvalue weighted by atomic mass is 32.2. The highest BCUT2D eigenvalue weighted by molar-refractivity contribution is 7.99. The van der Waals surface area contributed by atoms with Gasteiger partial charge in [-0.3, -0.25) is 4.79 Å². The number of hydrogen-bond acceptors (Lipinski definition) is 5. The van der Waals surface area contributed by atoms with E-state index in [4.69, 9.17) is 0 Å². The van der Waals surface area contributed by atoms with Gasteiger partial charge in [-0.05, 0) is 25.5 Å². The molecule has 0 aliphatic carbocycles. The van der Waals surface area contributed by atoms with Crippen molar-refractivity contribution in [2.75, 3.05) is 23.8 Å². The average molecular weight is 314 g/mol. The van der Waals surface area contributed by atoms with Crippen LogP contribution >= 0.6 is 11.8 Å². The first-order valence-corrected chi connectivity index (χ1v) is 9.36. The van der Waals surface area contributed by atoms with E-state index in [2.05, 4.69) is 4.98 Å². The Labute approximate surface area is 123 Å². The standard InChI is InChI=1S/C13H18N2O3S2/c1-2-15(11-6-8-20(17,18)10-11)13(16)9-19-12-5-3-4-7-14-12/h3-5,7,11H,2,6,8-10H2,1H3. The summed E-state index contributed by atoms with van der Waals surface area (Å²) in [4.78, 5) is 18.1. The van der Waals surface area contributed by atoms with Gasteiger partial charge in [-0.15, -0.1) is 0 Å². The number of carbonyl (C=O) groups excluding carboxylic acids is 1. The van der Waals surface area contributed by atoms with Crippen molar-refractivity contribution in [2.24, 2.45) is 0 Å². The Morgan fingerprint density at radius 1 is 1.50 bits per heavy atom. The Bertz CT molecular complexity index is 560. The normalized spacial score (nSPS) is 20.8. The van der Waals surface area contributed by atoms with E-state index in [9.17, 15) is 13.2 Å². The quantitative estimate of drug-likeness (QED) is 0.764. The van der Waals surface area contributed by atoms with Crippen molar-refractivity contribution >= 4 is 27.5 Å². The van der Waals surface area contributed by atoms with Crippen LogP contribution in [-0.4, -0.2) is 54.1 Å². The molecular weight excluding hydrogens is 296 g/mol. The number of nitrogens with zero attached hydrogens (tertiary/aromatic N) is 2. The van der Waals surface area contributed by atoms with Crippen LogP contribution < -0.4 is 0 Å². The van der Waals surface area contributed by atoms with Crippen LogP contribution in [0.15, 0.2) is 29.4 Å². The zero-order valence-corrected chi connectivity index (χ0v) is 13.0. The lowest BCUT2D eigenvalue weighted by Gasteiger charge is -2.26. The molecule has 1 amide bonds. The fourth-order valence-corrected chi connectivity index (χ4v) is 4.79. The van der Waals surface area contributed by atoms with Gasteiger partial charge in [-0.1, -0.05) is 17.8 Å². The third-order valence-corrected chi connectivity index (χ3v) is 5.97. The molecule has 110 valence electrons. The molecule has 1 aliphatic rings. The third-order valence-electron chi connectivity index (χ3n) is 3.29. The fraction of sp³-hybridized carbons (Fsp3) is 0.538. The molecule has 7 heteroatoms. The summed E-state index contributed by atoms with van der Waals surface area (Å²) in [5.74, 6) is 0.558. The third kappa shape index (κ3) is 3.96. The number of sulfone groups is 1. The summed E-state index contributed by atoms with van der Waals surface area (Å²) in [5, 5.41) is 0.802. The summed E-state index contributed by atoms with van der Waals surface area (Å²) < 4.78 is 23.0. The molecule has 5 nitrogen and oxygen atoms in total. The molecule has 0 aromatic carbocycles. The maximum absolute atomic E-state index is 12.2. The first-order valence-electron chi connectivity index (χ1n) is 6.55. The van der Waals surface area contributed by atoms with Gasteiger partial charge >= 0.3 is 0 Å². The largest absolute Gasteiger partial charge is 0.338 e. The number of amides is 1. The van der Waals surface area contributed by atoms with Gasteiger partial charge in [-0.2, -0.15) is 0 Å². The van der Waals surface area contributed by atoms with Gasteiger partial charge in [0.05, 0.1) is 22.3 Å². The molecule has 1 fully saturated rings. The molecular formula is C13H18N2O3S2. The van der Waals surface area contributed by atoms with E-state index in [0.29, 0.717) is 18.7 Å². The van der Waals surface area contributed by atoms with Gasteiger partial charge in [0.25, 0.3) is 0 Å². The maximum atomic E-state index is 12.2. The van der Waals surface area contributed by atoms with Crippen molar-refractivity contribution in [2.45, 2.75) is 24.4 Å². The first kappa shape index (κ1) is 15.3. The van der Waals surface area contributed by atoms with Crippen LogP contribution in [0.2, 0.25) is 0 Å². The number of hydrogen-bond donors (Lipinski definition) is 0. The summed E-state index contributed by atoms with van der Waals surface area (Å²) in [6.45, 7) is 2.43. The summed E-state index contributed by atoms with van der Waals surface area (Å²) in [6.07, 6.45) is 2.24. The Kier molecular flexibility index (Phi) is 5.04. The minimum absolute atomic E-state index is 0.0229. The number of rotatable bonds is 5. The molecule has 1 aliphatic heterocycles. The lowest BCUT2D eigenvalue weighted by atomic mass is 10.2. The van der Waals surface area contributed by atoms with Crippen LogP contribution in [-0.2, 0) is 14.6 Å². The van der Waals surface area contributed by atoms with Crippen LogP contribution in [0.5, 0.6) is 0 Å². The Balaban J connectivity index is 1.93. The molecule has 1 saturated heterocycles. The van der Waals surface area contributed by atoms with Crippen molar-refractivity contribution in [3.05, 3.63) is 24.4 Å². The van der Waals surface area contributed by atoms with Crippen molar-refractivity contribution < 1.29 is 13.2 Å². The van der Waals surface area contributed by atoms with Crippen molar-refractivity contribution in [3.8, 4) is 0 Å². The number of aromatic nitrogens is 1. The molecule has 0 radical (unpaired) electrons. The molecule has 1 atom stereocenters. The van der Waals surface area contributed by atoms with Gasteiger partial charge < -0.3 is 4.90 Å².